The molecule has 0 fully saturated rings. The van der Waals surface area contributed by atoms with E-state index in [1.807, 2.05) is 31.2 Å². The molecule has 23 heavy (non-hydrogen) atoms. The van der Waals surface area contributed by atoms with Crippen molar-refractivity contribution in [3.05, 3.63) is 45.0 Å². The number of hydrogen-bond acceptors (Lipinski definition) is 5. The summed E-state index contributed by atoms with van der Waals surface area (Å²) in [7, 11) is 0. The lowest BCUT2D eigenvalue weighted by atomic mass is 10.2. The van der Waals surface area contributed by atoms with Gasteiger partial charge in [-0.15, -0.1) is 23.1 Å². The normalized spacial score (nSPS) is 11.1. The van der Waals surface area contributed by atoms with Crippen LogP contribution < -0.4 is 4.74 Å². The van der Waals surface area contributed by atoms with Gasteiger partial charge in [0.25, 0.3) is 0 Å². The van der Waals surface area contributed by atoms with Gasteiger partial charge in [0.05, 0.1) is 6.61 Å². The van der Waals surface area contributed by atoms with Gasteiger partial charge >= 0.3 is 0 Å². The molecule has 120 valence electrons. The summed E-state index contributed by atoms with van der Waals surface area (Å²) in [4.78, 5) is 11.6. The fourth-order valence-electron chi connectivity index (χ4n) is 2.25. The number of aromatic nitrogens is 2. The second kappa shape index (κ2) is 7.20. The number of halogens is 1. The predicted octanol–water partition coefficient (Wildman–Crippen LogP) is 5.55. The topological polar surface area (TPSA) is 35.0 Å². The summed E-state index contributed by atoms with van der Waals surface area (Å²) in [6.45, 7) is 6.89. The summed E-state index contributed by atoms with van der Waals surface area (Å²) in [6.07, 6.45) is 0. The van der Waals surface area contributed by atoms with Crippen LogP contribution in [0.3, 0.4) is 0 Å². The molecule has 3 aromatic rings. The maximum atomic E-state index is 5.78. The highest BCUT2D eigenvalue weighted by Gasteiger charge is 2.13. The van der Waals surface area contributed by atoms with Crippen LogP contribution in [0.1, 0.15) is 16.3 Å². The van der Waals surface area contributed by atoms with Gasteiger partial charge in [-0.2, -0.15) is 0 Å². The van der Waals surface area contributed by atoms with Crippen LogP contribution in [0.2, 0.25) is 0 Å². The first-order valence-electron chi connectivity index (χ1n) is 7.30. The average molecular weight is 409 g/mol. The van der Waals surface area contributed by atoms with E-state index in [0.29, 0.717) is 6.61 Å². The molecular formula is C17H17BrN2OS2. The predicted molar refractivity (Wildman–Crippen MR) is 102 cm³/mol. The molecule has 0 aliphatic rings. The minimum Gasteiger partial charge on any atom is -0.493 e. The summed E-state index contributed by atoms with van der Waals surface area (Å²) in [6, 6.07) is 7.90. The van der Waals surface area contributed by atoms with E-state index in [4.69, 9.17) is 4.74 Å². The van der Waals surface area contributed by atoms with Gasteiger partial charge in [-0.3, -0.25) is 0 Å². The van der Waals surface area contributed by atoms with Crippen molar-refractivity contribution in [1.82, 2.24) is 9.97 Å². The van der Waals surface area contributed by atoms with E-state index in [1.54, 1.807) is 23.1 Å². The molecule has 0 N–H and O–H groups in total. The number of ether oxygens (including phenoxy) is 1. The molecule has 0 aliphatic carbocycles. The van der Waals surface area contributed by atoms with Gasteiger partial charge in [-0.05, 0) is 50.6 Å². The van der Waals surface area contributed by atoms with Crippen molar-refractivity contribution < 1.29 is 4.74 Å². The van der Waals surface area contributed by atoms with Gasteiger partial charge < -0.3 is 4.74 Å². The fourth-order valence-corrected chi connectivity index (χ4v) is 4.60. The zero-order valence-electron chi connectivity index (χ0n) is 13.2. The standard InChI is InChI=1S/C17H17BrN2OS2/c1-10-11(2)23-17-15(10)16(19-12(3)20-17)22-9-8-21-14-6-4-13(18)5-7-14/h4-7H,8-9H2,1-3H3. The van der Waals surface area contributed by atoms with E-state index < -0.39 is 0 Å². The molecular weight excluding hydrogens is 392 g/mol. The molecule has 1 aromatic carbocycles. The Balaban J connectivity index is 1.68. The molecule has 0 spiro atoms. The Morgan fingerprint density at radius 2 is 1.87 bits per heavy atom. The number of hydrogen-bond donors (Lipinski definition) is 0. The third-order valence-electron chi connectivity index (χ3n) is 3.51. The van der Waals surface area contributed by atoms with Crippen LogP contribution in [0.15, 0.2) is 33.8 Å². The Morgan fingerprint density at radius 1 is 1.13 bits per heavy atom. The highest BCUT2D eigenvalue weighted by Crippen LogP contribution is 2.35. The molecule has 0 saturated carbocycles. The Kier molecular flexibility index (Phi) is 5.24. The zero-order valence-corrected chi connectivity index (χ0v) is 16.4. The van der Waals surface area contributed by atoms with Gasteiger partial charge in [0, 0.05) is 20.5 Å². The summed E-state index contributed by atoms with van der Waals surface area (Å²) >= 11 is 6.90. The van der Waals surface area contributed by atoms with E-state index >= 15 is 0 Å². The van der Waals surface area contributed by atoms with Crippen molar-refractivity contribution in [1.29, 1.82) is 0 Å². The van der Waals surface area contributed by atoms with Gasteiger partial charge in [0.15, 0.2) is 0 Å². The van der Waals surface area contributed by atoms with E-state index in [0.717, 1.165) is 31.7 Å². The Labute approximate surface area is 152 Å². The number of aryl methyl sites for hydroxylation is 3. The lowest BCUT2D eigenvalue weighted by molar-refractivity contribution is 0.344. The monoisotopic (exact) mass is 408 g/mol. The van der Waals surface area contributed by atoms with E-state index in [2.05, 4.69) is 39.7 Å². The summed E-state index contributed by atoms with van der Waals surface area (Å²) in [5.41, 5.74) is 1.29. The van der Waals surface area contributed by atoms with Gasteiger partial charge in [0.1, 0.15) is 21.4 Å². The minimum absolute atomic E-state index is 0.652. The second-order valence-corrected chi connectivity index (χ2v) is 8.39. The summed E-state index contributed by atoms with van der Waals surface area (Å²) in [5, 5.41) is 2.26. The smallest absolute Gasteiger partial charge is 0.128 e. The third-order valence-corrected chi connectivity index (χ3v) is 6.08. The number of fused-ring (bicyclic) bond motifs is 1. The average Bonchev–Trinajstić information content (AvgIpc) is 2.80. The first-order chi connectivity index (χ1) is 11.0. The Hall–Kier alpha value is -1.11. The molecule has 0 atom stereocenters. The maximum Gasteiger partial charge on any atom is 0.128 e. The van der Waals surface area contributed by atoms with Crippen molar-refractivity contribution in [3.63, 3.8) is 0 Å². The van der Waals surface area contributed by atoms with E-state index in [-0.39, 0.29) is 0 Å². The zero-order chi connectivity index (χ0) is 16.4. The van der Waals surface area contributed by atoms with Crippen molar-refractivity contribution in [2.45, 2.75) is 25.8 Å². The van der Waals surface area contributed by atoms with Crippen LogP contribution in [-0.4, -0.2) is 22.3 Å². The van der Waals surface area contributed by atoms with Crippen molar-refractivity contribution in [3.8, 4) is 5.75 Å². The van der Waals surface area contributed by atoms with Crippen LogP contribution in [-0.2, 0) is 0 Å². The van der Waals surface area contributed by atoms with E-state index in [9.17, 15) is 0 Å². The molecule has 6 heteroatoms. The molecule has 3 rings (SSSR count). The number of thiophene rings is 1. The number of rotatable bonds is 5. The lowest BCUT2D eigenvalue weighted by Gasteiger charge is -2.07. The van der Waals surface area contributed by atoms with Crippen molar-refractivity contribution in [2.24, 2.45) is 0 Å². The molecule has 2 heterocycles. The van der Waals surface area contributed by atoms with Gasteiger partial charge in [0.2, 0.25) is 0 Å². The largest absolute Gasteiger partial charge is 0.493 e. The second-order valence-electron chi connectivity index (χ2n) is 5.19. The Bertz CT molecular complexity index is 831. The summed E-state index contributed by atoms with van der Waals surface area (Å²) in [5.74, 6) is 2.58. The SMILES string of the molecule is Cc1nc(SCCOc2ccc(Br)cc2)c2c(C)c(C)sc2n1. The quantitative estimate of drug-likeness (QED) is 0.314. The number of benzene rings is 1. The minimum atomic E-state index is 0.652. The van der Waals surface area contributed by atoms with Crippen LogP contribution in [0.5, 0.6) is 5.75 Å². The highest BCUT2D eigenvalue weighted by molar-refractivity contribution is 9.10. The van der Waals surface area contributed by atoms with Gasteiger partial charge in [-0.25, -0.2) is 9.97 Å². The third kappa shape index (κ3) is 3.87. The molecule has 0 radical (unpaired) electrons. The molecule has 3 nitrogen and oxygen atoms in total. The number of nitrogens with zero attached hydrogens (tertiary/aromatic N) is 2. The molecule has 0 saturated heterocycles. The molecule has 0 amide bonds. The van der Waals surface area contributed by atoms with Crippen LogP contribution in [0, 0.1) is 20.8 Å². The van der Waals surface area contributed by atoms with Crippen LogP contribution in [0.4, 0.5) is 0 Å². The highest BCUT2D eigenvalue weighted by atomic mass is 79.9. The first kappa shape index (κ1) is 16.7. The van der Waals surface area contributed by atoms with Crippen molar-refractivity contribution in [2.75, 3.05) is 12.4 Å². The maximum absolute atomic E-state index is 5.78. The molecule has 0 unspecified atom stereocenters. The van der Waals surface area contributed by atoms with E-state index in [1.165, 1.54) is 15.8 Å². The molecule has 0 bridgehead atoms. The Morgan fingerprint density at radius 3 is 2.61 bits per heavy atom. The molecule has 2 aromatic heterocycles. The van der Waals surface area contributed by atoms with Crippen LogP contribution in [0.25, 0.3) is 10.2 Å². The first-order valence-corrected chi connectivity index (χ1v) is 9.89. The van der Waals surface area contributed by atoms with Crippen LogP contribution >= 0.6 is 39.0 Å². The fraction of sp³-hybridized carbons (Fsp3) is 0.294. The molecule has 0 aliphatic heterocycles. The lowest BCUT2D eigenvalue weighted by Crippen LogP contribution is -2.01. The van der Waals surface area contributed by atoms with Gasteiger partial charge in [-0.1, -0.05) is 15.9 Å². The van der Waals surface area contributed by atoms with Crippen molar-refractivity contribution >= 4 is 49.2 Å². The number of thioether (sulfide) groups is 1. The summed E-state index contributed by atoms with van der Waals surface area (Å²) < 4.78 is 6.83.